The van der Waals surface area contributed by atoms with E-state index in [4.69, 9.17) is 23.2 Å². The van der Waals surface area contributed by atoms with Crippen LogP contribution in [0.3, 0.4) is 0 Å². The van der Waals surface area contributed by atoms with Gasteiger partial charge in [-0.3, -0.25) is 9.48 Å². The number of aryl methyl sites for hydroxylation is 2. The van der Waals surface area contributed by atoms with Crippen LogP contribution in [0.2, 0.25) is 10.0 Å². The van der Waals surface area contributed by atoms with Crippen LogP contribution in [0.5, 0.6) is 0 Å². The van der Waals surface area contributed by atoms with Crippen molar-refractivity contribution in [3.8, 4) is 0 Å². The molecule has 1 amide bonds. The summed E-state index contributed by atoms with van der Waals surface area (Å²) in [5, 5.41) is 8.44. The number of hydrogen-bond donors (Lipinski definition) is 1. The average molecular weight is 374 g/mol. The zero-order valence-electron chi connectivity index (χ0n) is 13.9. The molecule has 0 aliphatic carbocycles. The Bertz CT molecular complexity index is 897. The van der Waals surface area contributed by atoms with Gasteiger partial charge in [-0.15, -0.1) is 0 Å². The first-order valence-corrected chi connectivity index (χ1v) is 8.55. The van der Waals surface area contributed by atoms with E-state index >= 15 is 0 Å². The maximum Gasteiger partial charge on any atom is 0.256 e. The minimum Gasteiger partial charge on any atom is -0.305 e. The highest BCUT2D eigenvalue weighted by molar-refractivity contribution is 6.35. The molecule has 0 aliphatic rings. The Morgan fingerprint density at radius 2 is 1.72 bits per heavy atom. The van der Waals surface area contributed by atoms with E-state index in [9.17, 15) is 4.79 Å². The van der Waals surface area contributed by atoms with Crippen molar-refractivity contribution in [2.45, 2.75) is 20.4 Å². The molecule has 0 fully saturated rings. The molecule has 0 spiro atoms. The van der Waals surface area contributed by atoms with Gasteiger partial charge in [0.15, 0.2) is 5.82 Å². The molecule has 4 nitrogen and oxygen atoms in total. The van der Waals surface area contributed by atoms with Gasteiger partial charge in [-0.1, -0.05) is 47.0 Å². The zero-order chi connectivity index (χ0) is 18.0. The number of halogens is 2. The topological polar surface area (TPSA) is 46.9 Å². The molecule has 0 radical (unpaired) electrons. The highest BCUT2D eigenvalue weighted by atomic mass is 35.5. The van der Waals surface area contributed by atoms with Crippen LogP contribution in [0.4, 0.5) is 5.82 Å². The van der Waals surface area contributed by atoms with E-state index < -0.39 is 0 Å². The van der Waals surface area contributed by atoms with Crippen molar-refractivity contribution in [1.29, 1.82) is 0 Å². The van der Waals surface area contributed by atoms with Crippen LogP contribution in [0.15, 0.2) is 48.5 Å². The van der Waals surface area contributed by atoms with Crippen LogP contribution < -0.4 is 5.32 Å². The Labute approximate surface area is 156 Å². The molecule has 128 valence electrons. The summed E-state index contributed by atoms with van der Waals surface area (Å²) in [5.74, 6) is 0.298. The van der Waals surface area contributed by atoms with Gasteiger partial charge in [-0.2, -0.15) is 5.10 Å². The Morgan fingerprint density at radius 1 is 1.08 bits per heavy atom. The Morgan fingerprint density at radius 3 is 2.36 bits per heavy atom. The smallest absolute Gasteiger partial charge is 0.256 e. The summed E-state index contributed by atoms with van der Waals surface area (Å²) in [5.41, 5.74) is 3.39. The van der Waals surface area contributed by atoms with E-state index in [1.54, 1.807) is 35.0 Å². The first-order chi connectivity index (χ1) is 11.9. The van der Waals surface area contributed by atoms with Crippen LogP contribution in [0.1, 0.15) is 27.2 Å². The number of carbonyl (C=O) groups is 1. The number of nitrogens with zero attached hydrogens (tertiary/aromatic N) is 2. The van der Waals surface area contributed by atoms with E-state index in [2.05, 4.69) is 10.4 Å². The van der Waals surface area contributed by atoms with Gasteiger partial charge < -0.3 is 5.32 Å². The molecule has 0 saturated carbocycles. The first kappa shape index (κ1) is 17.5. The average Bonchev–Trinajstić information content (AvgIpc) is 2.91. The Hall–Kier alpha value is -2.30. The van der Waals surface area contributed by atoms with Crippen molar-refractivity contribution in [3.05, 3.63) is 81.0 Å². The lowest BCUT2D eigenvalue weighted by molar-refractivity contribution is 0.102. The van der Waals surface area contributed by atoms with E-state index in [-0.39, 0.29) is 5.91 Å². The van der Waals surface area contributed by atoms with Crippen LogP contribution in [-0.4, -0.2) is 15.7 Å². The third-order valence-corrected chi connectivity index (χ3v) is 4.61. The molecule has 3 rings (SSSR count). The fourth-order valence-electron chi connectivity index (χ4n) is 2.46. The van der Waals surface area contributed by atoms with E-state index in [1.807, 2.05) is 32.0 Å². The summed E-state index contributed by atoms with van der Waals surface area (Å²) in [6.45, 7) is 4.33. The van der Waals surface area contributed by atoms with Crippen LogP contribution in [0, 0.1) is 13.8 Å². The standard InChI is InChI=1S/C19H17Cl2N3O/c1-12-6-8-14(9-7-12)19(25)22-18-10-13(2)24(23-18)11-15-16(20)4-3-5-17(15)21/h3-10H,11H2,1-2H3,(H,22,23,25). The van der Waals surface area contributed by atoms with Gasteiger partial charge in [0.2, 0.25) is 0 Å². The Kier molecular flexibility index (Phi) is 5.11. The molecular formula is C19H17Cl2N3O. The third kappa shape index (κ3) is 4.03. The molecule has 3 aromatic rings. The molecule has 6 heteroatoms. The summed E-state index contributed by atoms with van der Waals surface area (Å²) < 4.78 is 1.76. The zero-order valence-corrected chi connectivity index (χ0v) is 15.4. The van der Waals surface area contributed by atoms with E-state index in [0.29, 0.717) is 28.0 Å². The highest BCUT2D eigenvalue weighted by Gasteiger charge is 2.12. The minimum absolute atomic E-state index is 0.194. The van der Waals surface area contributed by atoms with Crippen molar-refractivity contribution in [1.82, 2.24) is 9.78 Å². The maximum absolute atomic E-state index is 12.3. The van der Waals surface area contributed by atoms with Crippen LogP contribution in [-0.2, 0) is 6.54 Å². The lowest BCUT2D eigenvalue weighted by Gasteiger charge is -2.08. The van der Waals surface area contributed by atoms with E-state index in [0.717, 1.165) is 16.8 Å². The van der Waals surface area contributed by atoms with Crippen molar-refractivity contribution in [2.24, 2.45) is 0 Å². The van der Waals surface area contributed by atoms with Gasteiger partial charge in [-0.25, -0.2) is 0 Å². The second-order valence-corrected chi connectivity index (χ2v) is 6.66. The molecular weight excluding hydrogens is 357 g/mol. The number of hydrogen-bond acceptors (Lipinski definition) is 2. The molecule has 25 heavy (non-hydrogen) atoms. The Balaban J connectivity index is 1.78. The summed E-state index contributed by atoms with van der Waals surface area (Å²) in [6, 6.07) is 14.6. The van der Waals surface area contributed by atoms with E-state index in [1.165, 1.54) is 0 Å². The SMILES string of the molecule is Cc1ccc(C(=O)Nc2cc(C)n(Cc3c(Cl)cccc3Cl)n2)cc1. The molecule has 0 aliphatic heterocycles. The molecule has 0 atom stereocenters. The monoisotopic (exact) mass is 373 g/mol. The molecule has 1 heterocycles. The van der Waals surface area contributed by atoms with Gasteiger partial charge in [0.25, 0.3) is 5.91 Å². The quantitative estimate of drug-likeness (QED) is 0.690. The number of carbonyl (C=O) groups excluding carboxylic acids is 1. The van der Waals surface area contributed by atoms with Crippen molar-refractivity contribution in [2.75, 3.05) is 5.32 Å². The van der Waals surface area contributed by atoms with Crippen molar-refractivity contribution in [3.63, 3.8) is 0 Å². The second kappa shape index (κ2) is 7.30. The fraction of sp³-hybridized carbons (Fsp3) is 0.158. The molecule has 1 N–H and O–H groups in total. The first-order valence-electron chi connectivity index (χ1n) is 7.79. The summed E-state index contributed by atoms with van der Waals surface area (Å²) >= 11 is 12.4. The fourth-order valence-corrected chi connectivity index (χ4v) is 2.97. The summed E-state index contributed by atoms with van der Waals surface area (Å²) in [6.07, 6.45) is 0. The second-order valence-electron chi connectivity index (χ2n) is 5.85. The van der Waals surface area contributed by atoms with Crippen molar-refractivity contribution < 1.29 is 4.79 Å². The largest absolute Gasteiger partial charge is 0.305 e. The van der Waals surface area contributed by atoms with Gasteiger partial charge >= 0.3 is 0 Å². The van der Waals surface area contributed by atoms with Gasteiger partial charge in [-0.05, 0) is 38.1 Å². The number of amides is 1. The van der Waals surface area contributed by atoms with Crippen LogP contribution in [0.25, 0.3) is 0 Å². The van der Waals surface area contributed by atoms with Crippen LogP contribution >= 0.6 is 23.2 Å². The maximum atomic E-state index is 12.3. The predicted octanol–water partition coefficient (Wildman–Crippen LogP) is 5.11. The molecule has 0 bridgehead atoms. The van der Waals surface area contributed by atoms with Gasteiger partial charge in [0, 0.05) is 32.9 Å². The van der Waals surface area contributed by atoms with Gasteiger partial charge in [0.1, 0.15) is 0 Å². The number of anilines is 1. The third-order valence-electron chi connectivity index (χ3n) is 3.91. The summed E-state index contributed by atoms with van der Waals surface area (Å²) in [7, 11) is 0. The lowest BCUT2D eigenvalue weighted by Crippen LogP contribution is -2.13. The molecule has 1 aromatic heterocycles. The molecule has 0 saturated heterocycles. The number of rotatable bonds is 4. The number of aromatic nitrogens is 2. The molecule has 0 unspecified atom stereocenters. The summed E-state index contributed by atoms with van der Waals surface area (Å²) in [4.78, 5) is 12.3. The van der Waals surface area contributed by atoms with Gasteiger partial charge in [0.05, 0.1) is 6.54 Å². The van der Waals surface area contributed by atoms with Crippen molar-refractivity contribution >= 4 is 34.9 Å². The lowest BCUT2D eigenvalue weighted by atomic mass is 10.1. The number of benzene rings is 2. The molecule has 2 aromatic carbocycles. The normalized spacial score (nSPS) is 10.7. The predicted molar refractivity (Wildman–Crippen MR) is 102 cm³/mol. The highest BCUT2D eigenvalue weighted by Crippen LogP contribution is 2.25. The minimum atomic E-state index is -0.194. The number of nitrogens with one attached hydrogen (secondary N) is 1.